The van der Waals surface area contributed by atoms with Gasteiger partial charge >= 0.3 is 0 Å². The predicted molar refractivity (Wildman–Crippen MR) is 48.2 cm³/mol. The summed E-state index contributed by atoms with van der Waals surface area (Å²) >= 11 is 0. The van der Waals surface area contributed by atoms with Crippen LogP contribution in [0.2, 0.25) is 0 Å². The van der Waals surface area contributed by atoms with Crippen molar-refractivity contribution in [1.82, 2.24) is 0 Å². The van der Waals surface area contributed by atoms with Crippen LogP contribution in [0.5, 0.6) is 0 Å². The van der Waals surface area contributed by atoms with Crippen LogP contribution in [-0.4, -0.2) is 23.8 Å². The maximum absolute atomic E-state index is 13.6. The number of ketones is 1. The summed E-state index contributed by atoms with van der Waals surface area (Å²) in [5, 5.41) is 0. The van der Waals surface area contributed by atoms with Gasteiger partial charge in [-0.2, -0.15) is 0 Å². The van der Waals surface area contributed by atoms with E-state index >= 15 is 0 Å². The number of primary amides is 1. The van der Waals surface area contributed by atoms with Gasteiger partial charge in [0, 0.05) is 0 Å². The molecule has 0 aliphatic rings. The summed E-state index contributed by atoms with van der Waals surface area (Å²) in [5.41, 5.74) is 1.40. The van der Waals surface area contributed by atoms with Gasteiger partial charge in [-0.25, -0.2) is 13.2 Å². The molecule has 1 unspecified atom stereocenters. The first-order chi connectivity index (χ1) is 6.86. The first-order valence-corrected chi connectivity index (χ1v) is 4.67. The minimum absolute atomic E-state index is 0.175. The summed E-state index contributed by atoms with van der Waals surface area (Å²) < 4.78 is 37.6. The molecule has 3 nitrogen and oxygen atoms in total. The molecule has 0 heterocycles. The number of alkyl halides is 3. The lowest BCUT2D eigenvalue weighted by Crippen LogP contribution is -2.49. The van der Waals surface area contributed by atoms with Crippen molar-refractivity contribution in [1.29, 1.82) is 0 Å². The van der Waals surface area contributed by atoms with Gasteiger partial charge in [0.25, 0.3) is 18.0 Å². The molecule has 0 spiro atoms. The van der Waals surface area contributed by atoms with Crippen molar-refractivity contribution in [3.05, 3.63) is 0 Å². The van der Waals surface area contributed by atoms with E-state index < -0.39 is 30.2 Å². The Labute approximate surface area is 85.8 Å². The predicted octanol–water partition coefficient (Wildman–Crippen LogP) is 1.59. The summed E-state index contributed by atoms with van der Waals surface area (Å²) in [6.45, 7) is 1.82. The Bertz CT molecular complexity index is 246. The van der Waals surface area contributed by atoms with Crippen LogP contribution in [0.3, 0.4) is 0 Å². The Morgan fingerprint density at radius 3 is 2.20 bits per heavy atom. The quantitative estimate of drug-likeness (QED) is 0.528. The fraction of sp³-hybridized carbons (Fsp3) is 0.778. The van der Waals surface area contributed by atoms with Crippen molar-refractivity contribution < 1.29 is 22.8 Å². The molecule has 0 rings (SSSR count). The molecule has 6 heteroatoms. The molecular weight excluding hydrogens is 211 g/mol. The van der Waals surface area contributed by atoms with Crippen LogP contribution in [0.15, 0.2) is 0 Å². The van der Waals surface area contributed by atoms with Crippen molar-refractivity contribution in [3.8, 4) is 0 Å². The largest absolute Gasteiger partial charge is 0.366 e. The zero-order valence-corrected chi connectivity index (χ0v) is 8.43. The lowest BCUT2D eigenvalue weighted by atomic mass is 9.93. The first-order valence-electron chi connectivity index (χ1n) is 4.67. The number of carbonyl (C=O) groups excluding carboxylic acids is 2. The zero-order valence-electron chi connectivity index (χ0n) is 8.43. The molecule has 0 radical (unpaired) electrons. The summed E-state index contributed by atoms with van der Waals surface area (Å²) in [6, 6.07) is 0. The molecule has 0 bridgehead atoms. The Kier molecular flexibility index (Phi) is 5.32. The standard InChI is InChI=1S/C9H14F3NO2/c1-2-3-4-5-9(12,8(13)15)6(14)7(10)11/h7H,2-5H2,1H3,(H2,13,15). The Morgan fingerprint density at radius 1 is 1.33 bits per heavy atom. The highest BCUT2D eigenvalue weighted by Crippen LogP contribution is 2.24. The summed E-state index contributed by atoms with van der Waals surface area (Å²) in [7, 11) is 0. The molecule has 0 aliphatic carbocycles. The minimum Gasteiger partial charge on any atom is -0.366 e. The van der Waals surface area contributed by atoms with E-state index in [2.05, 4.69) is 5.73 Å². The van der Waals surface area contributed by atoms with Crippen LogP contribution in [0.25, 0.3) is 0 Å². The maximum atomic E-state index is 13.6. The highest BCUT2D eigenvalue weighted by molar-refractivity contribution is 6.09. The van der Waals surface area contributed by atoms with E-state index in [1.165, 1.54) is 0 Å². The number of amides is 1. The van der Waals surface area contributed by atoms with Gasteiger partial charge in [-0.3, -0.25) is 9.59 Å². The molecule has 0 aliphatic heterocycles. The lowest BCUT2D eigenvalue weighted by molar-refractivity contribution is -0.150. The zero-order chi connectivity index (χ0) is 12.1. The molecule has 0 aromatic rings. The van der Waals surface area contributed by atoms with Crippen LogP contribution in [0.4, 0.5) is 13.2 Å². The van der Waals surface area contributed by atoms with E-state index in [1.807, 2.05) is 6.92 Å². The lowest BCUT2D eigenvalue weighted by Gasteiger charge is -2.19. The second-order valence-electron chi connectivity index (χ2n) is 3.29. The Balaban J connectivity index is 4.60. The molecular formula is C9H14F3NO2. The van der Waals surface area contributed by atoms with E-state index in [0.717, 1.165) is 6.42 Å². The molecule has 88 valence electrons. The van der Waals surface area contributed by atoms with E-state index in [1.54, 1.807) is 0 Å². The van der Waals surface area contributed by atoms with Crippen LogP contribution in [0, 0.1) is 0 Å². The minimum atomic E-state index is -3.51. The number of rotatable bonds is 7. The van der Waals surface area contributed by atoms with Gasteiger partial charge < -0.3 is 5.73 Å². The number of nitrogens with two attached hydrogens (primary N) is 1. The Hall–Kier alpha value is -1.07. The monoisotopic (exact) mass is 225 g/mol. The number of hydrogen-bond donors (Lipinski definition) is 1. The van der Waals surface area contributed by atoms with Crippen molar-refractivity contribution in [2.24, 2.45) is 5.73 Å². The summed E-state index contributed by atoms with van der Waals surface area (Å²) in [5.74, 6) is -3.67. The van der Waals surface area contributed by atoms with Gasteiger partial charge in [-0.05, 0) is 12.8 Å². The third kappa shape index (κ3) is 3.53. The van der Waals surface area contributed by atoms with Crippen LogP contribution in [0.1, 0.15) is 32.6 Å². The average molecular weight is 225 g/mol. The summed E-state index contributed by atoms with van der Waals surface area (Å²) in [4.78, 5) is 21.4. The highest BCUT2D eigenvalue weighted by atomic mass is 19.3. The van der Waals surface area contributed by atoms with Crippen molar-refractivity contribution in [3.63, 3.8) is 0 Å². The SMILES string of the molecule is CCCCCC(F)(C(N)=O)C(=O)C(F)F. The molecule has 1 atom stereocenters. The Morgan fingerprint density at radius 2 is 1.87 bits per heavy atom. The van der Waals surface area contributed by atoms with Gasteiger partial charge in [0.05, 0.1) is 0 Å². The third-order valence-electron chi connectivity index (χ3n) is 2.10. The molecule has 0 fully saturated rings. The third-order valence-corrected chi connectivity index (χ3v) is 2.10. The fourth-order valence-electron chi connectivity index (χ4n) is 1.16. The van der Waals surface area contributed by atoms with E-state index in [0.29, 0.717) is 6.42 Å². The number of halogens is 3. The fourth-order valence-corrected chi connectivity index (χ4v) is 1.16. The van der Waals surface area contributed by atoms with Crippen LogP contribution >= 0.6 is 0 Å². The second-order valence-corrected chi connectivity index (χ2v) is 3.29. The van der Waals surface area contributed by atoms with Crippen molar-refractivity contribution >= 4 is 11.7 Å². The maximum Gasteiger partial charge on any atom is 0.299 e. The van der Waals surface area contributed by atoms with E-state index in [-0.39, 0.29) is 6.42 Å². The normalized spacial score (nSPS) is 15.0. The molecule has 2 N–H and O–H groups in total. The van der Waals surface area contributed by atoms with E-state index in [9.17, 15) is 22.8 Å². The van der Waals surface area contributed by atoms with Crippen LogP contribution < -0.4 is 5.73 Å². The van der Waals surface area contributed by atoms with E-state index in [4.69, 9.17) is 0 Å². The number of carbonyl (C=O) groups is 2. The average Bonchev–Trinajstić information content (AvgIpc) is 2.16. The topological polar surface area (TPSA) is 60.2 Å². The van der Waals surface area contributed by atoms with Gasteiger partial charge in [-0.15, -0.1) is 0 Å². The smallest absolute Gasteiger partial charge is 0.299 e. The molecule has 0 aromatic heterocycles. The van der Waals surface area contributed by atoms with Crippen molar-refractivity contribution in [2.45, 2.75) is 44.7 Å². The van der Waals surface area contributed by atoms with Gasteiger partial charge in [0.2, 0.25) is 5.78 Å². The number of Topliss-reactive ketones (excluding diaryl/α,β-unsaturated/α-hetero) is 1. The number of hydrogen-bond acceptors (Lipinski definition) is 2. The molecule has 0 aromatic carbocycles. The highest BCUT2D eigenvalue weighted by Gasteiger charge is 2.48. The molecule has 1 amide bonds. The number of unbranched alkanes of at least 4 members (excludes halogenated alkanes) is 2. The first kappa shape index (κ1) is 13.9. The molecule has 15 heavy (non-hydrogen) atoms. The summed E-state index contributed by atoms with van der Waals surface area (Å²) in [6.07, 6.45) is -2.63. The van der Waals surface area contributed by atoms with Gasteiger partial charge in [0.15, 0.2) is 0 Å². The van der Waals surface area contributed by atoms with Crippen LogP contribution in [-0.2, 0) is 9.59 Å². The molecule has 0 saturated carbocycles. The van der Waals surface area contributed by atoms with Crippen molar-refractivity contribution in [2.75, 3.05) is 0 Å². The van der Waals surface area contributed by atoms with Gasteiger partial charge in [0.1, 0.15) is 0 Å². The molecule has 0 saturated heterocycles. The second kappa shape index (κ2) is 5.72. The van der Waals surface area contributed by atoms with Gasteiger partial charge in [-0.1, -0.05) is 19.8 Å².